The SMILES string of the molecule is O=C(/C=C/c1cccs1)N(Cc1ccc(OCc2ccc(F)cc2)cc1)Cc1cccnc1. The third-order valence-electron chi connectivity index (χ3n) is 4.96. The van der Waals surface area contributed by atoms with Crippen LogP contribution in [0.2, 0.25) is 0 Å². The number of benzene rings is 2. The topological polar surface area (TPSA) is 42.4 Å². The van der Waals surface area contributed by atoms with Gasteiger partial charge in [-0.3, -0.25) is 9.78 Å². The first kappa shape index (κ1) is 22.4. The van der Waals surface area contributed by atoms with E-state index in [-0.39, 0.29) is 11.7 Å². The number of aromatic nitrogens is 1. The zero-order chi connectivity index (χ0) is 22.9. The van der Waals surface area contributed by atoms with E-state index in [9.17, 15) is 9.18 Å². The largest absolute Gasteiger partial charge is 0.489 e. The number of carbonyl (C=O) groups excluding carboxylic acids is 1. The Morgan fingerprint density at radius 3 is 2.39 bits per heavy atom. The average Bonchev–Trinajstić information content (AvgIpc) is 3.37. The maximum atomic E-state index is 13.0. The van der Waals surface area contributed by atoms with Gasteiger partial charge < -0.3 is 9.64 Å². The second-order valence-electron chi connectivity index (χ2n) is 7.46. The number of nitrogens with zero attached hydrogens (tertiary/aromatic N) is 2. The number of thiophene rings is 1. The minimum absolute atomic E-state index is 0.0658. The summed E-state index contributed by atoms with van der Waals surface area (Å²) < 4.78 is 18.8. The van der Waals surface area contributed by atoms with Crippen molar-refractivity contribution >= 4 is 23.3 Å². The summed E-state index contributed by atoms with van der Waals surface area (Å²) in [5.41, 5.74) is 2.85. The van der Waals surface area contributed by atoms with E-state index in [1.165, 1.54) is 12.1 Å². The Bertz CT molecular complexity index is 1180. The molecule has 2 aromatic heterocycles. The van der Waals surface area contributed by atoms with Crippen molar-refractivity contribution in [3.8, 4) is 5.75 Å². The van der Waals surface area contributed by atoms with E-state index in [2.05, 4.69) is 4.98 Å². The van der Waals surface area contributed by atoms with Gasteiger partial charge in [0.05, 0.1) is 0 Å². The second kappa shape index (κ2) is 11.2. The van der Waals surface area contributed by atoms with Gasteiger partial charge in [-0.25, -0.2) is 4.39 Å². The standard InChI is InChI=1S/C27H23FN2O2S/c28-24-9-5-22(6-10-24)20-32-25-11-7-21(8-12-25)18-30(19-23-3-1-15-29-17-23)27(31)14-13-26-4-2-16-33-26/h1-17H,18-20H2/b14-13+. The molecule has 4 rings (SSSR count). The number of hydrogen-bond donors (Lipinski definition) is 0. The van der Waals surface area contributed by atoms with Crippen LogP contribution >= 0.6 is 11.3 Å². The van der Waals surface area contributed by atoms with Crippen LogP contribution in [0.15, 0.2) is 96.6 Å². The number of ether oxygens (including phenoxy) is 1. The summed E-state index contributed by atoms with van der Waals surface area (Å²) >= 11 is 1.59. The molecule has 0 atom stereocenters. The maximum absolute atomic E-state index is 13.0. The monoisotopic (exact) mass is 458 g/mol. The Kier molecular flexibility index (Phi) is 7.61. The second-order valence-corrected chi connectivity index (χ2v) is 8.44. The fourth-order valence-corrected chi connectivity index (χ4v) is 3.85. The van der Waals surface area contributed by atoms with Crippen LogP contribution in [0, 0.1) is 5.82 Å². The van der Waals surface area contributed by atoms with Crippen molar-refractivity contribution in [3.05, 3.63) is 124 Å². The molecule has 0 unspecified atom stereocenters. The molecule has 0 aliphatic carbocycles. The molecule has 0 radical (unpaired) electrons. The van der Waals surface area contributed by atoms with Gasteiger partial charge in [-0.05, 0) is 64.5 Å². The molecular weight excluding hydrogens is 435 g/mol. The van der Waals surface area contributed by atoms with Crippen LogP contribution in [0.5, 0.6) is 5.75 Å². The first-order chi connectivity index (χ1) is 16.2. The number of carbonyl (C=O) groups is 1. The van der Waals surface area contributed by atoms with Gasteiger partial charge in [0, 0.05) is 36.4 Å². The summed E-state index contributed by atoms with van der Waals surface area (Å²) in [5, 5.41) is 1.98. The highest BCUT2D eigenvalue weighted by Crippen LogP contribution is 2.18. The molecule has 0 spiro atoms. The summed E-state index contributed by atoms with van der Waals surface area (Å²) in [7, 11) is 0. The summed E-state index contributed by atoms with van der Waals surface area (Å²) in [5.74, 6) is 0.383. The van der Waals surface area contributed by atoms with Crippen LogP contribution in [0.25, 0.3) is 6.08 Å². The van der Waals surface area contributed by atoms with Crippen LogP contribution in [0.4, 0.5) is 4.39 Å². The van der Waals surface area contributed by atoms with Crippen LogP contribution in [-0.2, 0) is 24.5 Å². The zero-order valence-corrected chi connectivity index (χ0v) is 18.7. The highest BCUT2D eigenvalue weighted by molar-refractivity contribution is 7.10. The molecule has 2 aromatic carbocycles. The molecule has 4 aromatic rings. The van der Waals surface area contributed by atoms with Gasteiger partial charge in [0.2, 0.25) is 5.91 Å². The van der Waals surface area contributed by atoms with Crippen LogP contribution in [-0.4, -0.2) is 15.8 Å². The van der Waals surface area contributed by atoms with Crippen LogP contribution in [0.3, 0.4) is 0 Å². The highest BCUT2D eigenvalue weighted by atomic mass is 32.1. The highest BCUT2D eigenvalue weighted by Gasteiger charge is 2.13. The smallest absolute Gasteiger partial charge is 0.247 e. The van der Waals surface area contributed by atoms with Crippen molar-refractivity contribution in [2.24, 2.45) is 0 Å². The van der Waals surface area contributed by atoms with E-state index in [1.54, 1.807) is 46.8 Å². The van der Waals surface area contributed by atoms with Crippen molar-refractivity contribution in [2.75, 3.05) is 0 Å². The number of pyridine rings is 1. The molecule has 0 aliphatic rings. The molecule has 1 amide bonds. The molecule has 166 valence electrons. The Morgan fingerprint density at radius 1 is 0.939 bits per heavy atom. The van der Waals surface area contributed by atoms with Gasteiger partial charge in [0.25, 0.3) is 0 Å². The minimum Gasteiger partial charge on any atom is -0.489 e. The van der Waals surface area contributed by atoms with Crippen molar-refractivity contribution < 1.29 is 13.9 Å². The molecule has 0 bridgehead atoms. The predicted molar refractivity (Wildman–Crippen MR) is 129 cm³/mol. The number of amides is 1. The van der Waals surface area contributed by atoms with Crippen LogP contribution < -0.4 is 4.74 Å². The Balaban J connectivity index is 1.42. The van der Waals surface area contributed by atoms with Gasteiger partial charge >= 0.3 is 0 Å². The fourth-order valence-electron chi connectivity index (χ4n) is 3.23. The van der Waals surface area contributed by atoms with E-state index in [0.29, 0.717) is 25.4 Å². The van der Waals surface area contributed by atoms with E-state index >= 15 is 0 Å². The van der Waals surface area contributed by atoms with Crippen molar-refractivity contribution in [1.29, 1.82) is 0 Å². The van der Waals surface area contributed by atoms with Gasteiger partial charge in [-0.15, -0.1) is 11.3 Å². The van der Waals surface area contributed by atoms with E-state index < -0.39 is 0 Å². The van der Waals surface area contributed by atoms with Gasteiger partial charge in [0.1, 0.15) is 18.2 Å². The Labute approximate surface area is 196 Å². The average molecular weight is 459 g/mol. The summed E-state index contributed by atoms with van der Waals surface area (Å²) in [6, 6.07) is 21.7. The lowest BCUT2D eigenvalue weighted by Crippen LogP contribution is -2.28. The number of rotatable bonds is 9. The molecule has 0 aliphatic heterocycles. The fraction of sp³-hybridized carbons (Fsp3) is 0.111. The molecule has 0 N–H and O–H groups in total. The van der Waals surface area contributed by atoms with Crippen molar-refractivity contribution in [3.63, 3.8) is 0 Å². The third kappa shape index (κ3) is 6.85. The van der Waals surface area contributed by atoms with Crippen molar-refractivity contribution in [1.82, 2.24) is 9.88 Å². The van der Waals surface area contributed by atoms with Gasteiger partial charge in [-0.2, -0.15) is 0 Å². The first-order valence-corrected chi connectivity index (χ1v) is 11.4. The van der Waals surface area contributed by atoms with E-state index in [4.69, 9.17) is 4.74 Å². The zero-order valence-electron chi connectivity index (χ0n) is 17.9. The summed E-state index contributed by atoms with van der Waals surface area (Å²) in [6.07, 6.45) is 6.95. The van der Waals surface area contributed by atoms with Crippen molar-refractivity contribution in [2.45, 2.75) is 19.7 Å². The Morgan fingerprint density at radius 2 is 1.70 bits per heavy atom. The summed E-state index contributed by atoms with van der Waals surface area (Å²) in [6.45, 7) is 1.28. The molecule has 0 saturated carbocycles. The third-order valence-corrected chi connectivity index (χ3v) is 5.79. The molecule has 0 fully saturated rings. The van der Waals surface area contributed by atoms with E-state index in [0.717, 1.165) is 21.6 Å². The molecule has 0 saturated heterocycles. The molecule has 6 heteroatoms. The number of hydrogen-bond acceptors (Lipinski definition) is 4. The molecule has 4 nitrogen and oxygen atoms in total. The lowest BCUT2D eigenvalue weighted by Gasteiger charge is -2.21. The molecule has 2 heterocycles. The normalized spacial score (nSPS) is 10.9. The molecule has 33 heavy (non-hydrogen) atoms. The van der Waals surface area contributed by atoms with Gasteiger partial charge in [0.15, 0.2) is 0 Å². The van der Waals surface area contributed by atoms with Gasteiger partial charge in [-0.1, -0.05) is 36.4 Å². The molecular formula is C27H23FN2O2S. The Hall–Kier alpha value is -3.77. The predicted octanol–water partition coefficient (Wildman–Crippen LogP) is 6.10. The van der Waals surface area contributed by atoms with Crippen LogP contribution in [0.1, 0.15) is 21.6 Å². The maximum Gasteiger partial charge on any atom is 0.247 e. The quantitative estimate of drug-likeness (QED) is 0.285. The first-order valence-electron chi connectivity index (χ1n) is 10.5. The number of halogens is 1. The van der Waals surface area contributed by atoms with E-state index in [1.807, 2.05) is 60.0 Å². The minimum atomic E-state index is -0.265. The summed E-state index contributed by atoms with van der Waals surface area (Å²) in [4.78, 5) is 20.0. The lowest BCUT2D eigenvalue weighted by atomic mass is 10.1. The lowest BCUT2D eigenvalue weighted by molar-refractivity contribution is -0.127.